The summed E-state index contributed by atoms with van der Waals surface area (Å²) in [4.78, 5) is 11.4. The molecule has 0 bridgehead atoms. The predicted octanol–water partition coefficient (Wildman–Crippen LogP) is 2.11. The van der Waals surface area contributed by atoms with E-state index in [4.69, 9.17) is 9.47 Å². The van der Waals surface area contributed by atoms with E-state index in [-0.39, 0.29) is 12.3 Å². The minimum atomic E-state index is -3.54. The Morgan fingerprint density at radius 3 is 2.12 bits per heavy atom. The lowest BCUT2D eigenvalue weighted by Gasteiger charge is -2.11. The summed E-state index contributed by atoms with van der Waals surface area (Å²) in [6.45, 7) is 0.128. The average Bonchev–Trinajstić information content (AvgIpc) is 2.65. The molecule has 0 unspecified atom stereocenters. The van der Waals surface area contributed by atoms with E-state index in [9.17, 15) is 13.2 Å². The second kappa shape index (κ2) is 8.68. The number of sulfonamides is 1. The molecule has 140 valence electrons. The molecule has 7 nitrogen and oxygen atoms in total. The quantitative estimate of drug-likeness (QED) is 0.707. The lowest BCUT2D eigenvalue weighted by atomic mass is 10.1. The van der Waals surface area contributed by atoms with Gasteiger partial charge in [-0.1, -0.05) is 18.2 Å². The monoisotopic (exact) mass is 379 g/mol. The van der Waals surface area contributed by atoms with E-state index in [1.54, 1.807) is 30.3 Å². The van der Waals surface area contributed by atoms with Crippen LogP contribution in [-0.2, 0) is 27.1 Å². The van der Waals surface area contributed by atoms with Gasteiger partial charge in [-0.3, -0.25) is 0 Å². The summed E-state index contributed by atoms with van der Waals surface area (Å²) in [5, 5.41) is 0. The molecule has 0 saturated heterocycles. The van der Waals surface area contributed by atoms with Gasteiger partial charge in [-0.2, -0.15) is 0 Å². The van der Waals surface area contributed by atoms with E-state index in [0.717, 1.165) is 5.56 Å². The number of nitrogens with one attached hydrogen (secondary N) is 1. The summed E-state index contributed by atoms with van der Waals surface area (Å²) >= 11 is 0. The fourth-order valence-corrected chi connectivity index (χ4v) is 3.43. The molecular formula is C18H21NO6S. The zero-order valence-corrected chi connectivity index (χ0v) is 15.6. The largest absolute Gasteiger partial charge is 0.493 e. The zero-order valence-electron chi connectivity index (χ0n) is 14.8. The van der Waals surface area contributed by atoms with Crippen LogP contribution in [0, 0.1) is 0 Å². The Morgan fingerprint density at radius 2 is 1.54 bits per heavy atom. The van der Waals surface area contributed by atoms with E-state index in [1.165, 1.54) is 33.5 Å². The van der Waals surface area contributed by atoms with E-state index in [0.29, 0.717) is 22.6 Å². The summed E-state index contributed by atoms with van der Waals surface area (Å²) < 4.78 is 42.0. The van der Waals surface area contributed by atoms with Gasteiger partial charge in [0.25, 0.3) is 0 Å². The van der Waals surface area contributed by atoms with Crippen molar-refractivity contribution in [3.05, 3.63) is 59.2 Å². The Morgan fingerprint density at radius 1 is 0.923 bits per heavy atom. The average molecular weight is 379 g/mol. The van der Waals surface area contributed by atoms with Crippen LogP contribution in [0.15, 0.2) is 42.5 Å². The van der Waals surface area contributed by atoms with Gasteiger partial charge in [0.05, 0.1) is 32.6 Å². The number of carbonyl (C=O) groups is 1. The van der Waals surface area contributed by atoms with Crippen LogP contribution in [0.1, 0.15) is 21.5 Å². The number of methoxy groups -OCH3 is 3. The van der Waals surface area contributed by atoms with Crippen LogP contribution in [0.3, 0.4) is 0 Å². The van der Waals surface area contributed by atoms with Crippen LogP contribution in [0.4, 0.5) is 0 Å². The third-order valence-corrected chi connectivity index (χ3v) is 4.97. The number of hydrogen-bond donors (Lipinski definition) is 1. The summed E-state index contributed by atoms with van der Waals surface area (Å²) in [6, 6.07) is 11.4. The smallest absolute Gasteiger partial charge is 0.337 e. The van der Waals surface area contributed by atoms with Crippen LogP contribution in [0.25, 0.3) is 0 Å². The first-order valence-electron chi connectivity index (χ1n) is 7.74. The molecule has 0 spiro atoms. The van der Waals surface area contributed by atoms with Crippen molar-refractivity contribution in [2.45, 2.75) is 12.3 Å². The molecule has 1 N–H and O–H groups in total. The van der Waals surface area contributed by atoms with Crippen molar-refractivity contribution in [3.63, 3.8) is 0 Å². The highest BCUT2D eigenvalue weighted by Crippen LogP contribution is 2.27. The molecule has 0 aliphatic rings. The number of rotatable bonds is 8. The molecule has 0 aliphatic carbocycles. The molecule has 0 atom stereocenters. The van der Waals surface area contributed by atoms with Gasteiger partial charge in [0.1, 0.15) is 0 Å². The van der Waals surface area contributed by atoms with Crippen molar-refractivity contribution in [2.24, 2.45) is 0 Å². The summed E-state index contributed by atoms with van der Waals surface area (Å²) in [5.74, 6) is 0.445. The Hall–Kier alpha value is -2.58. The molecule has 0 aromatic heterocycles. The minimum absolute atomic E-state index is 0.128. The van der Waals surface area contributed by atoms with Crippen molar-refractivity contribution in [1.29, 1.82) is 0 Å². The van der Waals surface area contributed by atoms with Gasteiger partial charge in [0.15, 0.2) is 11.5 Å². The molecule has 0 heterocycles. The summed E-state index contributed by atoms with van der Waals surface area (Å²) in [5.41, 5.74) is 1.68. The van der Waals surface area contributed by atoms with E-state index < -0.39 is 16.0 Å². The van der Waals surface area contributed by atoms with Crippen LogP contribution in [0.5, 0.6) is 11.5 Å². The summed E-state index contributed by atoms with van der Waals surface area (Å²) in [6.07, 6.45) is 0. The fourth-order valence-electron chi connectivity index (χ4n) is 2.31. The van der Waals surface area contributed by atoms with Gasteiger partial charge in [-0.05, 0) is 35.4 Å². The molecule has 0 amide bonds. The second-order valence-corrected chi connectivity index (χ2v) is 7.26. The Balaban J connectivity index is 2.01. The van der Waals surface area contributed by atoms with Gasteiger partial charge < -0.3 is 14.2 Å². The fraction of sp³-hybridized carbons (Fsp3) is 0.278. The molecular weight excluding hydrogens is 358 g/mol. The molecule has 0 radical (unpaired) electrons. The molecule has 2 rings (SSSR count). The predicted molar refractivity (Wildman–Crippen MR) is 96.8 cm³/mol. The number of hydrogen-bond acceptors (Lipinski definition) is 6. The van der Waals surface area contributed by atoms with Gasteiger partial charge in [0.2, 0.25) is 10.0 Å². The summed E-state index contributed by atoms with van der Waals surface area (Å²) in [7, 11) is 0.797. The van der Waals surface area contributed by atoms with Crippen molar-refractivity contribution in [1.82, 2.24) is 4.72 Å². The van der Waals surface area contributed by atoms with Crippen LogP contribution >= 0.6 is 0 Å². The molecule has 2 aromatic carbocycles. The van der Waals surface area contributed by atoms with Gasteiger partial charge in [-0.25, -0.2) is 17.9 Å². The normalized spacial score (nSPS) is 11.0. The van der Waals surface area contributed by atoms with E-state index >= 15 is 0 Å². The van der Waals surface area contributed by atoms with Gasteiger partial charge >= 0.3 is 5.97 Å². The van der Waals surface area contributed by atoms with Crippen molar-refractivity contribution >= 4 is 16.0 Å². The lowest BCUT2D eigenvalue weighted by molar-refractivity contribution is 0.0600. The molecule has 0 aliphatic heterocycles. The maximum absolute atomic E-state index is 12.3. The molecule has 2 aromatic rings. The van der Waals surface area contributed by atoms with Crippen LogP contribution < -0.4 is 14.2 Å². The number of esters is 1. The lowest BCUT2D eigenvalue weighted by Crippen LogP contribution is -2.24. The highest BCUT2D eigenvalue weighted by Gasteiger charge is 2.13. The third kappa shape index (κ3) is 5.21. The van der Waals surface area contributed by atoms with Crippen LogP contribution in [-0.4, -0.2) is 35.7 Å². The van der Waals surface area contributed by atoms with Gasteiger partial charge in [0, 0.05) is 6.54 Å². The third-order valence-electron chi connectivity index (χ3n) is 3.68. The Labute approximate surface area is 152 Å². The minimum Gasteiger partial charge on any atom is -0.493 e. The maximum Gasteiger partial charge on any atom is 0.337 e. The van der Waals surface area contributed by atoms with Crippen molar-refractivity contribution in [3.8, 4) is 11.5 Å². The molecule has 26 heavy (non-hydrogen) atoms. The first kappa shape index (κ1) is 19.7. The molecule has 8 heteroatoms. The molecule has 0 saturated carbocycles. The topological polar surface area (TPSA) is 90.9 Å². The molecule has 0 fully saturated rings. The highest BCUT2D eigenvalue weighted by molar-refractivity contribution is 7.88. The Bertz CT molecular complexity index is 862. The number of benzene rings is 2. The van der Waals surface area contributed by atoms with Gasteiger partial charge in [-0.15, -0.1) is 0 Å². The zero-order chi connectivity index (χ0) is 19.2. The first-order chi connectivity index (χ1) is 12.4. The van der Waals surface area contributed by atoms with Crippen molar-refractivity contribution in [2.75, 3.05) is 21.3 Å². The Kier molecular flexibility index (Phi) is 6.59. The van der Waals surface area contributed by atoms with E-state index in [2.05, 4.69) is 9.46 Å². The maximum atomic E-state index is 12.3. The number of ether oxygens (including phenoxy) is 3. The number of carbonyl (C=O) groups excluding carboxylic acids is 1. The standard InChI is InChI=1S/C18H21NO6S/c1-23-16-9-6-14(10-17(16)24-2)11-19-26(21,22)12-13-4-7-15(8-5-13)18(20)25-3/h4-10,19H,11-12H2,1-3H3. The first-order valence-corrected chi connectivity index (χ1v) is 9.39. The highest BCUT2D eigenvalue weighted by atomic mass is 32.2. The SMILES string of the molecule is COC(=O)c1ccc(CS(=O)(=O)NCc2ccc(OC)c(OC)c2)cc1. The second-order valence-electron chi connectivity index (χ2n) is 5.46. The van der Waals surface area contributed by atoms with Crippen LogP contribution in [0.2, 0.25) is 0 Å². The van der Waals surface area contributed by atoms with Crippen molar-refractivity contribution < 1.29 is 27.4 Å². The van der Waals surface area contributed by atoms with E-state index in [1.807, 2.05) is 0 Å².